The fourth-order valence-corrected chi connectivity index (χ4v) is 4.11. The normalized spacial score (nSPS) is 26.9. The number of amides is 1. The molecule has 2 saturated heterocycles. The first-order valence-electron chi connectivity index (χ1n) is 8.75. The summed E-state index contributed by atoms with van der Waals surface area (Å²) in [5, 5.41) is 7.66. The van der Waals surface area contributed by atoms with Crippen molar-refractivity contribution in [3.8, 4) is 0 Å². The second-order valence-electron chi connectivity index (χ2n) is 7.00. The highest BCUT2D eigenvalue weighted by atomic mass is 16.2. The van der Waals surface area contributed by atoms with Crippen molar-refractivity contribution in [2.24, 2.45) is 13.0 Å². The summed E-state index contributed by atoms with van der Waals surface area (Å²) in [7, 11) is 1.92. The van der Waals surface area contributed by atoms with Gasteiger partial charge in [-0.05, 0) is 17.5 Å². The lowest BCUT2D eigenvalue weighted by molar-refractivity contribution is -0.134. The van der Waals surface area contributed by atoms with E-state index in [1.54, 1.807) is 0 Å². The first-order valence-corrected chi connectivity index (χ1v) is 8.75. The van der Waals surface area contributed by atoms with Crippen LogP contribution in [-0.2, 0) is 11.8 Å². The van der Waals surface area contributed by atoms with Gasteiger partial charge >= 0.3 is 0 Å². The van der Waals surface area contributed by atoms with Crippen molar-refractivity contribution in [1.29, 1.82) is 0 Å². The maximum atomic E-state index is 13.1. The lowest BCUT2D eigenvalue weighted by Crippen LogP contribution is -2.37. The molecule has 24 heavy (non-hydrogen) atoms. The standard InChI is InChI=1S/C19H24N4O/c1-22-12-16(9-21-22)17-10-20-11-18(17)19(24)23-8-7-15(13-23)14-5-3-2-4-6-14/h2-6,9,12,15,17-18,20H,7-8,10-11,13H2,1H3/t15?,17-,18+/m1/s1. The van der Waals surface area contributed by atoms with Crippen molar-refractivity contribution < 1.29 is 4.79 Å². The zero-order valence-corrected chi connectivity index (χ0v) is 14.1. The van der Waals surface area contributed by atoms with Gasteiger partial charge in [-0.3, -0.25) is 9.48 Å². The Hall–Kier alpha value is -2.14. The number of likely N-dealkylation sites (tertiary alicyclic amines) is 1. The first kappa shape index (κ1) is 15.4. The Bertz CT molecular complexity index is 711. The van der Waals surface area contributed by atoms with E-state index in [1.807, 2.05) is 30.2 Å². The smallest absolute Gasteiger partial charge is 0.227 e. The number of carbonyl (C=O) groups is 1. The summed E-state index contributed by atoms with van der Waals surface area (Å²) in [4.78, 5) is 15.1. The molecule has 126 valence electrons. The number of hydrogen-bond acceptors (Lipinski definition) is 3. The molecule has 2 aliphatic heterocycles. The molecule has 0 aliphatic carbocycles. The zero-order valence-electron chi connectivity index (χ0n) is 14.1. The van der Waals surface area contributed by atoms with Gasteiger partial charge in [0.1, 0.15) is 0 Å². The number of rotatable bonds is 3. The number of carbonyl (C=O) groups excluding carboxylic acids is 1. The molecule has 0 spiro atoms. The highest BCUT2D eigenvalue weighted by molar-refractivity contribution is 5.81. The molecule has 1 aromatic heterocycles. The van der Waals surface area contributed by atoms with E-state index in [0.29, 0.717) is 11.8 Å². The van der Waals surface area contributed by atoms with Crippen LogP contribution < -0.4 is 5.32 Å². The van der Waals surface area contributed by atoms with E-state index >= 15 is 0 Å². The third kappa shape index (κ3) is 2.84. The molecule has 3 heterocycles. The highest BCUT2D eigenvalue weighted by Crippen LogP contribution is 2.33. The summed E-state index contributed by atoms with van der Waals surface area (Å²) < 4.78 is 1.82. The van der Waals surface area contributed by atoms with Crippen LogP contribution in [0.3, 0.4) is 0 Å². The van der Waals surface area contributed by atoms with E-state index in [0.717, 1.165) is 32.6 Å². The van der Waals surface area contributed by atoms with Crippen molar-refractivity contribution in [3.63, 3.8) is 0 Å². The van der Waals surface area contributed by atoms with Crippen LogP contribution in [0, 0.1) is 5.92 Å². The lowest BCUT2D eigenvalue weighted by atomic mass is 9.90. The van der Waals surface area contributed by atoms with Crippen LogP contribution in [0.25, 0.3) is 0 Å². The SMILES string of the molecule is Cn1cc([C@H]2CNC[C@@H]2C(=O)N2CCC(c3ccccc3)C2)cn1. The number of nitrogens with one attached hydrogen (secondary N) is 1. The molecular formula is C19H24N4O. The molecule has 2 aromatic rings. The average Bonchev–Trinajstić information content (AvgIpc) is 3.35. The molecule has 5 heteroatoms. The predicted molar refractivity (Wildman–Crippen MR) is 92.7 cm³/mol. The van der Waals surface area contributed by atoms with Crippen molar-refractivity contribution in [2.45, 2.75) is 18.3 Å². The minimum atomic E-state index is 0.0312. The molecule has 1 unspecified atom stereocenters. The van der Waals surface area contributed by atoms with E-state index in [-0.39, 0.29) is 11.8 Å². The Balaban J connectivity index is 1.46. The third-order valence-corrected chi connectivity index (χ3v) is 5.46. The summed E-state index contributed by atoms with van der Waals surface area (Å²) in [5.41, 5.74) is 2.51. The molecule has 1 N–H and O–H groups in total. The molecule has 4 rings (SSSR count). The van der Waals surface area contributed by atoms with Crippen molar-refractivity contribution in [2.75, 3.05) is 26.2 Å². The molecule has 0 radical (unpaired) electrons. The maximum Gasteiger partial charge on any atom is 0.227 e. The topological polar surface area (TPSA) is 50.2 Å². The first-order chi connectivity index (χ1) is 11.7. The fourth-order valence-electron chi connectivity index (χ4n) is 4.11. The zero-order chi connectivity index (χ0) is 16.5. The minimum absolute atomic E-state index is 0.0312. The molecule has 2 aliphatic rings. The summed E-state index contributed by atoms with van der Waals surface area (Å²) in [5.74, 6) is 1.04. The van der Waals surface area contributed by atoms with Gasteiger partial charge in [0.05, 0.1) is 12.1 Å². The number of aromatic nitrogens is 2. The van der Waals surface area contributed by atoms with Gasteiger partial charge < -0.3 is 10.2 Å². The number of nitrogens with zero attached hydrogens (tertiary/aromatic N) is 3. The summed E-state index contributed by atoms with van der Waals surface area (Å²) >= 11 is 0. The molecular weight excluding hydrogens is 300 g/mol. The minimum Gasteiger partial charge on any atom is -0.342 e. The summed E-state index contributed by atoms with van der Waals surface area (Å²) in [6.45, 7) is 3.34. The average molecular weight is 324 g/mol. The third-order valence-electron chi connectivity index (χ3n) is 5.46. The second-order valence-corrected chi connectivity index (χ2v) is 7.00. The van der Waals surface area contributed by atoms with Crippen molar-refractivity contribution in [1.82, 2.24) is 20.0 Å². The second kappa shape index (κ2) is 6.40. The Kier molecular flexibility index (Phi) is 4.10. The van der Waals surface area contributed by atoms with Crippen LogP contribution >= 0.6 is 0 Å². The van der Waals surface area contributed by atoms with Crippen LogP contribution in [0.1, 0.15) is 29.4 Å². The monoisotopic (exact) mass is 324 g/mol. The molecule has 0 saturated carbocycles. The Morgan fingerprint density at radius 3 is 2.79 bits per heavy atom. The quantitative estimate of drug-likeness (QED) is 0.936. The Morgan fingerprint density at radius 2 is 2.04 bits per heavy atom. The van der Waals surface area contributed by atoms with Gasteiger partial charge in [0.15, 0.2) is 0 Å². The van der Waals surface area contributed by atoms with Crippen LogP contribution in [0.5, 0.6) is 0 Å². The van der Waals surface area contributed by atoms with Gasteiger partial charge in [0.25, 0.3) is 0 Å². The Labute approximate surface area is 142 Å². The number of benzene rings is 1. The fraction of sp³-hybridized carbons (Fsp3) is 0.474. The summed E-state index contributed by atoms with van der Waals surface area (Å²) in [6, 6.07) is 10.6. The van der Waals surface area contributed by atoms with Crippen LogP contribution in [-0.4, -0.2) is 46.8 Å². The maximum absolute atomic E-state index is 13.1. The molecule has 1 aromatic carbocycles. The van der Waals surface area contributed by atoms with E-state index in [1.165, 1.54) is 11.1 Å². The molecule has 3 atom stereocenters. The number of aryl methyl sites for hydroxylation is 1. The van der Waals surface area contributed by atoms with Crippen LogP contribution in [0.15, 0.2) is 42.7 Å². The van der Waals surface area contributed by atoms with Gasteiger partial charge in [0, 0.05) is 51.3 Å². The lowest BCUT2D eigenvalue weighted by Gasteiger charge is -2.24. The van der Waals surface area contributed by atoms with E-state index in [4.69, 9.17) is 0 Å². The molecule has 5 nitrogen and oxygen atoms in total. The van der Waals surface area contributed by atoms with Gasteiger partial charge in [-0.2, -0.15) is 5.10 Å². The van der Waals surface area contributed by atoms with Gasteiger partial charge in [0.2, 0.25) is 5.91 Å². The molecule has 1 amide bonds. The van der Waals surface area contributed by atoms with Gasteiger partial charge in [-0.25, -0.2) is 0 Å². The Morgan fingerprint density at radius 1 is 1.21 bits per heavy atom. The highest BCUT2D eigenvalue weighted by Gasteiger charge is 2.39. The van der Waals surface area contributed by atoms with Gasteiger partial charge in [-0.15, -0.1) is 0 Å². The summed E-state index contributed by atoms with van der Waals surface area (Å²) in [6.07, 6.45) is 5.00. The molecule has 2 fully saturated rings. The van der Waals surface area contributed by atoms with E-state index in [2.05, 4.69) is 39.6 Å². The predicted octanol–water partition coefficient (Wildman–Crippen LogP) is 1.74. The van der Waals surface area contributed by atoms with Crippen molar-refractivity contribution >= 4 is 5.91 Å². The van der Waals surface area contributed by atoms with Crippen molar-refractivity contribution in [3.05, 3.63) is 53.9 Å². The molecule has 0 bridgehead atoms. The largest absolute Gasteiger partial charge is 0.342 e. The number of hydrogen-bond donors (Lipinski definition) is 1. The van der Waals surface area contributed by atoms with Crippen LogP contribution in [0.2, 0.25) is 0 Å². The van der Waals surface area contributed by atoms with E-state index in [9.17, 15) is 4.79 Å². The van der Waals surface area contributed by atoms with Crippen LogP contribution in [0.4, 0.5) is 0 Å². The van der Waals surface area contributed by atoms with Gasteiger partial charge in [-0.1, -0.05) is 30.3 Å². The van der Waals surface area contributed by atoms with E-state index < -0.39 is 0 Å².